The van der Waals surface area contributed by atoms with Gasteiger partial charge in [0.2, 0.25) is 0 Å². The first-order valence-corrected chi connectivity index (χ1v) is 8.92. The zero-order valence-electron chi connectivity index (χ0n) is 13.3. The van der Waals surface area contributed by atoms with E-state index in [1.807, 2.05) is 11.3 Å². The molecule has 1 aromatic heterocycles. The lowest BCUT2D eigenvalue weighted by Gasteiger charge is -2.20. The lowest BCUT2D eigenvalue weighted by molar-refractivity contribution is 0.603. The highest BCUT2D eigenvalue weighted by Crippen LogP contribution is 2.37. The molecule has 0 spiro atoms. The number of hydrogen-bond acceptors (Lipinski definition) is 2. The molecule has 0 aliphatic heterocycles. The third kappa shape index (κ3) is 3.07. The van der Waals surface area contributed by atoms with Gasteiger partial charge < -0.3 is 5.32 Å². The van der Waals surface area contributed by atoms with Gasteiger partial charge in [-0.05, 0) is 68.8 Å². The predicted octanol–water partition coefficient (Wildman–Crippen LogP) is 4.94. The molecule has 1 heterocycles. The van der Waals surface area contributed by atoms with Crippen molar-refractivity contribution in [2.24, 2.45) is 0 Å². The molecular weight excluding hydrogens is 274 g/mol. The zero-order chi connectivity index (χ0) is 14.8. The molecule has 1 nitrogen and oxygen atoms in total. The summed E-state index contributed by atoms with van der Waals surface area (Å²) in [6, 6.07) is 9.65. The van der Waals surface area contributed by atoms with E-state index in [1.165, 1.54) is 47.3 Å². The fraction of sp³-hybridized carbons (Fsp3) is 0.474. The molecule has 0 bridgehead atoms. The Balaban J connectivity index is 1.98. The van der Waals surface area contributed by atoms with Crippen LogP contribution in [0.1, 0.15) is 57.8 Å². The van der Waals surface area contributed by atoms with E-state index in [0.29, 0.717) is 6.04 Å². The highest BCUT2D eigenvalue weighted by molar-refractivity contribution is 7.12. The van der Waals surface area contributed by atoms with Crippen molar-refractivity contribution in [2.75, 3.05) is 6.54 Å². The summed E-state index contributed by atoms with van der Waals surface area (Å²) < 4.78 is 0. The molecule has 0 saturated carbocycles. The molecule has 1 atom stereocenters. The third-order valence-corrected chi connectivity index (χ3v) is 5.70. The maximum atomic E-state index is 3.77. The molecule has 1 aliphatic rings. The fourth-order valence-electron chi connectivity index (χ4n) is 3.22. The van der Waals surface area contributed by atoms with Crippen LogP contribution in [0.2, 0.25) is 0 Å². The van der Waals surface area contributed by atoms with E-state index in [0.717, 1.165) is 6.54 Å². The molecule has 3 rings (SSSR count). The van der Waals surface area contributed by atoms with Gasteiger partial charge in [-0.2, -0.15) is 0 Å². The third-order valence-electron chi connectivity index (χ3n) is 4.39. The van der Waals surface area contributed by atoms with E-state index in [-0.39, 0.29) is 0 Å². The van der Waals surface area contributed by atoms with Gasteiger partial charge in [0, 0.05) is 9.75 Å². The number of aryl methyl sites for hydroxylation is 4. The highest BCUT2D eigenvalue weighted by Gasteiger charge is 2.22. The molecular formula is C19H25NS. The van der Waals surface area contributed by atoms with Crippen molar-refractivity contribution in [1.82, 2.24) is 5.32 Å². The first kappa shape index (κ1) is 14.8. The van der Waals surface area contributed by atoms with Gasteiger partial charge >= 0.3 is 0 Å². The average Bonchev–Trinajstić information content (AvgIpc) is 3.04. The molecule has 0 saturated heterocycles. The maximum Gasteiger partial charge on any atom is 0.0673 e. The van der Waals surface area contributed by atoms with E-state index < -0.39 is 0 Å². The maximum absolute atomic E-state index is 3.77. The SMILES string of the molecule is CCCNC(c1cc2c(s1)CCC2)c1cc(C)ccc1C. The molecule has 0 fully saturated rings. The van der Waals surface area contributed by atoms with E-state index in [1.54, 1.807) is 10.4 Å². The summed E-state index contributed by atoms with van der Waals surface area (Å²) in [6.07, 6.45) is 5.08. The number of benzene rings is 1. The first-order valence-electron chi connectivity index (χ1n) is 8.11. The summed E-state index contributed by atoms with van der Waals surface area (Å²) in [7, 11) is 0. The second kappa shape index (κ2) is 6.33. The van der Waals surface area contributed by atoms with E-state index in [9.17, 15) is 0 Å². The Labute approximate surface area is 132 Å². The molecule has 1 aromatic carbocycles. The van der Waals surface area contributed by atoms with Crippen LogP contribution in [0.15, 0.2) is 24.3 Å². The largest absolute Gasteiger partial charge is 0.306 e. The van der Waals surface area contributed by atoms with Gasteiger partial charge in [-0.15, -0.1) is 11.3 Å². The van der Waals surface area contributed by atoms with Crippen LogP contribution < -0.4 is 5.32 Å². The van der Waals surface area contributed by atoms with Crippen LogP contribution in [0.5, 0.6) is 0 Å². The Morgan fingerprint density at radius 3 is 2.81 bits per heavy atom. The van der Waals surface area contributed by atoms with Crippen LogP contribution in [0.3, 0.4) is 0 Å². The van der Waals surface area contributed by atoms with E-state index in [4.69, 9.17) is 0 Å². The van der Waals surface area contributed by atoms with E-state index >= 15 is 0 Å². The lowest BCUT2D eigenvalue weighted by atomic mass is 9.97. The molecule has 0 radical (unpaired) electrons. The van der Waals surface area contributed by atoms with Gasteiger partial charge in [-0.3, -0.25) is 0 Å². The molecule has 2 heteroatoms. The van der Waals surface area contributed by atoms with Crippen molar-refractivity contribution in [3.8, 4) is 0 Å². The smallest absolute Gasteiger partial charge is 0.0673 e. The van der Waals surface area contributed by atoms with Crippen molar-refractivity contribution >= 4 is 11.3 Å². The predicted molar refractivity (Wildman–Crippen MR) is 92.4 cm³/mol. The minimum Gasteiger partial charge on any atom is -0.306 e. The minimum atomic E-state index is 0.362. The normalized spacial score (nSPS) is 15.2. The quantitative estimate of drug-likeness (QED) is 0.824. The van der Waals surface area contributed by atoms with Gasteiger partial charge in [0.05, 0.1) is 6.04 Å². The molecule has 112 valence electrons. The Kier molecular flexibility index (Phi) is 4.46. The lowest BCUT2D eigenvalue weighted by Crippen LogP contribution is -2.23. The summed E-state index contributed by atoms with van der Waals surface area (Å²) in [6.45, 7) is 7.73. The van der Waals surface area contributed by atoms with Crippen molar-refractivity contribution in [2.45, 2.75) is 52.5 Å². The van der Waals surface area contributed by atoms with Crippen LogP contribution in [-0.4, -0.2) is 6.54 Å². The van der Waals surface area contributed by atoms with Crippen molar-refractivity contribution in [3.05, 3.63) is 56.3 Å². The van der Waals surface area contributed by atoms with Crippen molar-refractivity contribution in [3.63, 3.8) is 0 Å². The molecule has 0 amide bonds. The average molecular weight is 299 g/mol. The minimum absolute atomic E-state index is 0.362. The number of thiophene rings is 1. The van der Waals surface area contributed by atoms with Crippen LogP contribution in [0.25, 0.3) is 0 Å². The van der Waals surface area contributed by atoms with Gasteiger partial charge in [0.1, 0.15) is 0 Å². The summed E-state index contributed by atoms with van der Waals surface area (Å²) in [5, 5.41) is 3.77. The van der Waals surface area contributed by atoms with E-state index in [2.05, 4.69) is 50.4 Å². The molecule has 1 aliphatic carbocycles. The summed E-state index contributed by atoms with van der Waals surface area (Å²) >= 11 is 2.03. The van der Waals surface area contributed by atoms with Gasteiger partial charge in [-0.25, -0.2) is 0 Å². The van der Waals surface area contributed by atoms with Crippen LogP contribution in [0.4, 0.5) is 0 Å². The standard InChI is InChI=1S/C19H25NS/c1-4-10-20-19(16-11-13(2)8-9-14(16)3)18-12-15-6-5-7-17(15)21-18/h8-9,11-12,19-20H,4-7,10H2,1-3H3. The fourth-order valence-corrected chi connectivity index (χ4v) is 4.57. The monoisotopic (exact) mass is 299 g/mol. The van der Waals surface area contributed by atoms with Gasteiger partial charge in [-0.1, -0.05) is 30.7 Å². The summed E-state index contributed by atoms with van der Waals surface area (Å²) in [5.74, 6) is 0. The number of rotatable bonds is 5. The molecule has 1 unspecified atom stereocenters. The Morgan fingerprint density at radius 1 is 1.19 bits per heavy atom. The second-order valence-electron chi connectivity index (χ2n) is 6.20. The van der Waals surface area contributed by atoms with Gasteiger partial charge in [0.25, 0.3) is 0 Å². The van der Waals surface area contributed by atoms with Crippen molar-refractivity contribution < 1.29 is 0 Å². The molecule has 1 N–H and O–H groups in total. The molecule has 21 heavy (non-hydrogen) atoms. The zero-order valence-corrected chi connectivity index (χ0v) is 14.1. The Hall–Kier alpha value is -1.12. The number of nitrogens with one attached hydrogen (secondary N) is 1. The van der Waals surface area contributed by atoms with Crippen molar-refractivity contribution in [1.29, 1.82) is 0 Å². The number of hydrogen-bond donors (Lipinski definition) is 1. The summed E-state index contributed by atoms with van der Waals surface area (Å²) in [5.41, 5.74) is 5.79. The van der Waals surface area contributed by atoms with Crippen LogP contribution in [0, 0.1) is 13.8 Å². The topological polar surface area (TPSA) is 12.0 Å². The summed E-state index contributed by atoms with van der Waals surface area (Å²) in [4.78, 5) is 3.13. The van der Waals surface area contributed by atoms with Crippen LogP contribution in [-0.2, 0) is 12.8 Å². The highest BCUT2D eigenvalue weighted by atomic mass is 32.1. The Morgan fingerprint density at radius 2 is 2.05 bits per heavy atom. The van der Waals surface area contributed by atoms with Crippen LogP contribution >= 0.6 is 11.3 Å². The number of fused-ring (bicyclic) bond motifs is 1. The molecule has 2 aromatic rings. The Bertz CT molecular complexity index is 605. The second-order valence-corrected chi connectivity index (χ2v) is 7.37. The first-order chi connectivity index (χ1) is 10.2. The van der Waals surface area contributed by atoms with Gasteiger partial charge in [0.15, 0.2) is 0 Å².